The first-order valence-electron chi connectivity index (χ1n) is 10.8. The summed E-state index contributed by atoms with van der Waals surface area (Å²) in [4.78, 5) is 21.9. The molecule has 0 aliphatic carbocycles. The van der Waals surface area contributed by atoms with Gasteiger partial charge in [-0.25, -0.2) is 4.98 Å². The highest BCUT2D eigenvalue weighted by atomic mass is 35.5. The van der Waals surface area contributed by atoms with Gasteiger partial charge in [-0.1, -0.05) is 32.4 Å². The van der Waals surface area contributed by atoms with Crippen molar-refractivity contribution in [3.05, 3.63) is 51.9 Å². The Morgan fingerprint density at radius 1 is 1.13 bits per heavy atom. The van der Waals surface area contributed by atoms with Crippen LogP contribution < -0.4 is 0 Å². The molecule has 1 aliphatic rings. The molecule has 1 saturated heterocycles. The van der Waals surface area contributed by atoms with Gasteiger partial charge in [-0.3, -0.25) is 9.69 Å². The molecule has 3 aromatic rings. The fraction of sp³-hybridized carbons (Fsp3) is 0.500. The first-order chi connectivity index (χ1) is 14.6. The fourth-order valence-electron chi connectivity index (χ4n) is 3.94. The summed E-state index contributed by atoms with van der Waals surface area (Å²) in [5.41, 5.74) is 2.43. The standard InChI is InChI=1S/C24H30ClN3O3/c1-15-11-19-17(12-18(15)25)16(2)22(30-19)23(29)28-8-6-7-27(9-10-28)14-21-26-13-20(31-21)24(3,4)5/h11-13H,6-10,14H2,1-5H3. The lowest BCUT2D eigenvalue weighted by Gasteiger charge is -2.20. The van der Waals surface area contributed by atoms with Crippen molar-refractivity contribution in [3.8, 4) is 0 Å². The number of fused-ring (bicyclic) bond motifs is 1. The number of halogens is 1. The lowest BCUT2D eigenvalue weighted by molar-refractivity contribution is 0.0730. The summed E-state index contributed by atoms with van der Waals surface area (Å²) in [6, 6.07) is 3.78. The van der Waals surface area contributed by atoms with Crippen LogP contribution in [0.25, 0.3) is 11.0 Å². The van der Waals surface area contributed by atoms with Crippen LogP contribution in [-0.4, -0.2) is 46.9 Å². The number of carbonyl (C=O) groups is 1. The molecule has 1 fully saturated rings. The van der Waals surface area contributed by atoms with Gasteiger partial charge >= 0.3 is 0 Å². The van der Waals surface area contributed by atoms with E-state index in [1.807, 2.05) is 37.1 Å². The monoisotopic (exact) mass is 443 g/mol. The van der Waals surface area contributed by atoms with Gasteiger partial charge in [0.15, 0.2) is 5.76 Å². The van der Waals surface area contributed by atoms with E-state index in [2.05, 4.69) is 30.7 Å². The Morgan fingerprint density at radius 3 is 2.61 bits per heavy atom. The van der Waals surface area contributed by atoms with E-state index in [0.29, 0.717) is 36.0 Å². The van der Waals surface area contributed by atoms with Crippen LogP contribution in [0.2, 0.25) is 5.02 Å². The van der Waals surface area contributed by atoms with Crippen LogP contribution in [0.4, 0.5) is 0 Å². The van der Waals surface area contributed by atoms with Gasteiger partial charge in [0.1, 0.15) is 11.3 Å². The third-order valence-corrected chi connectivity index (χ3v) is 6.35. The number of nitrogens with zero attached hydrogens (tertiary/aromatic N) is 3. The van der Waals surface area contributed by atoms with Gasteiger partial charge in [0.05, 0.1) is 12.7 Å². The number of aryl methyl sites for hydroxylation is 2. The molecule has 1 aromatic carbocycles. The van der Waals surface area contributed by atoms with E-state index in [1.165, 1.54) is 0 Å². The van der Waals surface area contributed by atoms with Crippen molar-refractivity contribution in [1.29, 1.82) is 0 Å². The number of furan rings is 1. The molecule has 0 saturated carbocycles. The summed E-state index contributed by atoms with van der Waals surface area (Å²) >= 11 is 6.27. The van der Waals surface area contributed by atoms with Gasteiger partial charge < -0.3 is 13.7 Å². The van der Waals surface area contributed by atoms with Gasteiger partial charge in [-0.2, -0.15) is 0 Å². The molecule has 3 heterocycles. The van der Waals surface area contributed by atoms with E-state index in [4.69, 9.17) is 20.4 Å². The number of oxazole rings is 1. The topological polar surface area (TPSA) is 62.7 Å². The molecule has 1 aliphatic heterocycles. The average Bonchev–Trinajstić information content (AvgIpc) is 3.21. The zero-order valence-electron chi connectivity index (χ0n) is 18.9. The molecule has 1 amide bonds. The van der Waals surface area contributed by atoms with E-state index < -0.39 is 0 Å². The summed E-state index contributed by atoms with van der Waals surface area (Å²) in [5.74, 6) is 1.97. The molecule has 2 aromatic heterocycles. The average molecular weight is 444 g/mol. The van der Waals surface area contributed by atoms with Crippen LogP contribution in [0.5, 0.6) is 0 Å². The Kier molecular flexibility index (Phi) is 5.88. The van der Waals surface area contributed by atoms with Gasteiger partial charge in [0.25, 0.3) is 5.91 Å². The minimum absolute atomic E-state index is 0.0551. The second-order valence-corrected chi connectivity index (χ2v) is 9.85. The van der Waals surface area contributed by atoms with Crippen LogP contribution in [0.1, 0.15) is 60.5 Å². The Morgan fingerprint density at radius 2 is 1.90 bits per heavy atom. The van der Waals surface area contributed by atoms with Crippen LogP contribution in [0.3, 0.4) is 0 Å². The molecule has 0 unspecified atom stereocenters. The van der Waals surface area contributed by atoms with Crippen molar-refractivity contribution in [2.45, 2.75) is 53.0 Å². The zero-order valence-corrected chi connectivity index (χ0v) is 19.7. The van der Waals surface area contributed by atoms with Crippen molar-refractivity contribution < 1.29 is 13.6 Å². The summed E-state index contributed by atoms with van der Waals surface area (Å²) in [5, 5.41) is 1.58. The van der Waals surface area contributed by atoms with Crippen LogP contribution in [-0.2, 0) is 12.0 Å². The maximum Gasteiger partial charge on any atom is 0.289 e. The Labute approximate surface area is 188 Å². The molecule has 0 atom stereocenters. The minimum atomic E-state index is -0.0598. The van der Waals surface area contributed by atoms with E-state index in [9.17, 15) is 4.79 Å². The predicted octanol–water partition coefficient (Wildman–Crippen LogP) is 5.34. The summed E-state index contributed by atoms with van der Waals surface area (Å²) in [7, 11) is 0. The molecular formula is C24H30ClN3O3. The van der Waals surface area contributed by atoms with Crippen molar-refractivity contribution in [2.75, 3.05) is 26.2 Å². The van der Waals surface area contributed by atoms with Crippen LogP contribution in [0, 0.1) is 13.8 Å². The number of hydrogen-bond donors (Lipinski definition) is 0. The lowest BCUT2D eigenvalue weighted by atomic mass is 9.94. The highest BCUT2D eigenvalue weighted by Gasteiger charge is 2.26. The van der Waals surface area contributed by atoms with Gasteiger partial charge in [0, 0.05) is 47.6 Å². The Balaban J connectivity index is 1.45. The molecule has 0 N–H and O–H groups in total. The molecule has 6 nitrogen and oxygen atoms in total. The van der Waals surface area contributed by atoms with Crippen molar-refractivity contribution in [1.82, 2.24) is 14.8 Å². The molecule has 7 heteroatoms. The number of aromatic nitrogens is 1. The highest BCUT2D eigenvalue weighted by Crippen LogP contribution is 2.31. The SMILES string of the molecule is Cc1cc2oc(C(=O)N3CCCN(Cc4ncc(C(C)(C)C)o4)CC3)c(C)c2cc1Cl. The number of carbonyl (C=O) groups excluding carboxylic acids is 1. The first kappa shape index (κ1) is 21.9. The molecular weight excluding hydrogens is 414 g/mol. The quantitative estimate of drug-likeness (QED) is 0.547. The summed E-state index contributed by atoms with van der Waals surface area (Å²) in [6.07, 6.45) is 2.71. The highest BCUT2D eigenvalue weighted by molar-refractivity contribution is 6.32. The maximum atomic E-state index is 13.2. The maximum absolute atomic E-state index is 13.2. The van der Waals surface area contributed by atoms with Crippen molar-refractivity contribution >= 4 is 28.5 Å². The molecule has 166 valence electrons. The number of hydrogen-bond acceptors (Lipinski definition) is 5. The summed E-state index contributed by atoms with van der Waals surface area (Å²) < 4.78 is 11.9. The first-order valence-corrected chi connectivity index (χ1v) is 11.2. The molecule has 0 bridgehead atoms. The van der Waals surface area contributed by atoms with E-state index in [-0.39, 0.29) is 11.3 Å². The number of benzene rings is 1. The van der Waals surface area contributed by atoms with Crippen molar-refractivity contribution in [3.63, 3.8) is 0 Å². The molecule has 4 rings (SSSR count). The molecule has 0 radical (unpaired) electrons. The predicted molar refractivity (Wildman–Crippen MR) is 122 cm³/mol. The molecule has 0 spiro atoms. The second kappa shape index (κ2) is 8.32. The van der Waals surface area contributed by atoms with E-state index in [0.717, 1.165) is 47.7 Å². The van der Waals surface area contributed by atoms with Gasteiger partial charge in [0.2, 0.25) is 5.89 Å². The lowest BCUT2D eigenvalue weighted by Crippen LogP contribution is -2.35. The number of rotatable bonds is 3. The smallest absolute Gasteiger partial charge is 0.289 e. The van der Waals surface area contributed by atoms with E-state index in [1.54, 1.807) is 0 Å². The minimum Gasteiger partial charge on any atom is -0.451 e. The molecule has 31 heavy (non-hydrogen) atoms. The van der Waals surface area contributed by atoms with Crippen molar-refractivity contribution in [2.24, 2.45) is 0 Å². The zero-order chi connectivity index (χ0) is 22.3. The van der Waals surface area contributed by atoms with Gasteiger partial charge in [-0.15, -0.1) is 0 Å². The second-order valence-electron chi connectivity index (χ2n) is 9.44. The fourth-order valence-corrected chi connectivity index (χ4v) is 4.11. The van der Waals surface area contributed by atoms with Crippen LogP contribution in [0.15, 0.2) is 27.2 Å². The number of amides is 1. The largest absolute Gasteiger partial charge is 0.451 e. The van der Waals surface area contributed by atoms with Gasteiger partial charge in [-0.05, 0) is 38.0 Å². The summed E-state index contributed by atoms with van der Waals surface area (Å²) in [6.45, 7) is 13.8. The Bertz CT molecular complexity index is 1110. The normalized spacial score (nSPS) is 16.1. The Hall–Kier alpha value is -2.31. The third-order valence-electron chi connectivity index (χ3n) is 5.94. The third kappa shape index (κ3) is 4.51. The van der Waals surface area contributed by atoms with E-state index >= 15 is 0 Å². The van der Waals surface area contributed by atoms with Crippen LogP contribution >= 0.6 is 11.6 Å².